The van der Waals surface area contributed by atoms with Crippen LogP contribution in [0.5, 0.6) is 11.5 Å². The number of carbonyl (C=O) groups excluding carboxylic acids is 6. The number of benzene rings is 3. The number of esters is 1. The third kappa shape index (κ3) is 16.7. The molecule has 0 bridgehead atoms. The Kier molecular flexibility index (Phi) is 20.0. The summed E-state index contributed by atoms with van der Waals surface area (Å²) in [6, 6.07) is 22.9. The topological polar surface area (TPSA) is 197 Å². The number of nitrogens with one attached hydrogen (secondary N) is 2. The van der Waals surface area contributed by atoms with Crippen LogP contribution in [0.2, 0.25) is 0 Å². The van der Waals surface area contributed by atoms with E-state index in [0.717, 1.165) is 16.7 Å². The molecule has 0 radical (unpaired) electrons. The van der Waals surface area contributed by atoms with Gasteiger partial charge in [0.2, 0.25) is 11.8 Å². The zero-order chi connectivity index (χ0) is 51.8. The van der Waals surface area contributed by atoms with Crippen molar-refractivity contribution in [2.45, 2.75) is 124 Å². The highest BCUT2D eigenvalue weighted by Crippen LogP contribution is 2.33. The number of nitrogens with zero attached hydrogens (tertiary/aromatic N) is 4. The summed E-state index contributed by atoms with van der Waals surface area (Å²) in [6.07, 6.45) is 3.61. The van der Waals surface area contributed by atoms with Gasteiger partial charge >= 0.3 is 5.97 Å². The lowest BCUT2D eigenvalue weighted by Gasteiger charge is -2.41. The van der Waals surface area contributed by atoms with Crippen molar-refractivity contribution < 1.29 is 52.2 Å². The van der Waals surface area contributed by atoms with Gasteiger partial charge in [0, 0.05) is 43.7 Å². The van der Waals surface area contributed by atoms with Crippen LogP contribution in [0.1, 0.15) is 102 Å². The number of carbonyl (C=O) groups is 6. The number of Topliss-reactive ketones (excluding diaryl/α,β-unsaturated/α-hetero) is 3. The lowest BCUT2D eigenvalue weighted by molar-refractivity contribution is -0.940. The summed E-state index contributed by atoms with van der Waals surface area (Å²) < 4.78 is 25.0. The Balaban J connectivity index is 1.21. The van der Waals surface area contributed by atoms with Crippen LogP contribution >= 0.6 is 0 Å². The average Bonchev–Trinajstić information content (AvgIpc) is 3.97. The zero-order valence-electron chi connectivity index (χ0n) is 43.2. The maximum absolute atomic E-state index is 14.7. The van der Waals surface area contributed by atoms with Crippen molar-refractivity contribution in [1.29, 1.82) is 0 Å². The summed E-state index contributed by atoms with van der Waals surface area (Å²) in [4.78, 5) is 84.1. The number of amides is 2. The first-order valence-electron chi connectivity index (χ1n) is 25.6. The number of hydrogen-bond donors (Lipinski definition) is 2. The van der Waals surface area contributed by atoms with Crippen molar-refractivity contribution in [2.75, 3.05) is 39.5 Å². The molecule has 16 heteroatoms. The molecule has 4 aromatic rings. The number of ether oxygens (including phenoxy) is 4. The van der Waals surface area contributed by atoms with Gasteiger partial charge < -0.3 is 34.1 Å². The SMILES string of the molecule is CCC(=O)Oc1ccc(C[N+]2(CC(=O)C[C@@H](CCc3ccccc3)C(=O)N[C@@H](CC(C)C)C(=O)C[C@@H](Cc3ccccc3)C(=O)N[C@@H](CC(C)C)C(=O)[C@@]3(C)CO3)CCOCC2)cc1OCc1cn(C)nn1. The van der Waals surface area contributed by atoms with Crippen molar-refractivity contribution in [1.82, 2.24) is 25.6 Å². The summed E-state index contributed by atoms with van der Waals surface area (Å²) in [6.45, 7) is 14.3. The summed E-state index contributed by atoms with van der Waals surface area (Å²) in [5.41, 5.74) is 2.39. The van der Waals surface area contributed by atoms with Crippen LogP contribution in [0.4, 0.5) is 0 Å². The highest BCUT2D eigenvalue weighted by Gasteiger charge is 2.50. The van der Waals surface area contributed by atoms with Gasteiger partial charge in [0.05, 0.1) is 38.1 Å². The maximum Gasteiger partial charge on any atom is 0.311 e. The van der Waals surface area contributed by atoms with Crippen LogP contribution in [-0.4, -0.2) is 112 Å². The number of hydrogen-bond acceptors (Lipinski definition) is 12. The number of ketones is 3. The highest BCUT2D eigenvalue weighted by molar-refractivity contribution is 5.98. The molecule has 2 aliphatic heterocycles. The molecule has 0 spiro atoms. The Morgan fingerprint density at radius 3 is 2.03 bits per heavy atom. The van der Waals surface area contributed by atoms with E-state index < -0.39 is 47.3 Å². The van der Waals surface area contributed by atoms with Crippen LogP contribution < -0.4 is 20.1 Å². The third-order valence-corrected chi connectivity index (χ3v) is 13.5. The van der Waals surface area contributed by atoms with Gasteiger partial charge in [-0.1, -0.05) is 100 Å². The Bertz CT molecular complexity index is 2450. The summed E-state index contributed by atoms with van der Waals surface area (Å²) in [5, 5.41) is 14.2. The second kappa shape index (κ2) is 26.0. The third-order valence-electron chi connectivity index (χ3n) is 13.5. The molecule has 6 rings (SSSR count). The van der Waals surface area contributed by atoms with E-state index in [1.54, 1.807) is 37.8 Å². The Labute approximate surface area is 424 Å². The molecule has 388 valence electrons. The minimum atomic E-state index is -0.939. The highest BCUT2D eigenvalue weighted by atomic mass is 16.6. The molecule has 16 nitrogen and oxygen atoms in total. The maximum atomic E-state index is 14.7. The lowest BCUT2D eigenvalue weighted by Crippen LogP contribution is -2.57. The first-order chi connectivity index (χ1) is 34.4. The van der Waals surface area contributed by atoms with Crippen LogP contribution in [0.25, 0.3) is 0 Å². The predicted octanol–water partition coefficient (Wildman–Crippen LogP) is 6.50. The second-order valence-electron chi connectivity index (χ2n) is 20.8. The number of aromatic nitrogens is 3. The number of aryl methyl sites for hydroxylation is 2. The Morgan fingerprint density at radius 1 is 0.792 bits per heavy atom. The molecule has 2 aliphatic rings. The molecule has 2 N–H and O–H groups in total. The van der Waals surface area contributed by atoms with Gasteiger partial charge in [-0.05, 0) is 80.2 Å². The Hall–Kier alpha value is -6.10. The van der Waals surface area contributed by atoms with Crippen LogP contribution in [0.15, 0.2) is 85.1 Å². The van der Waals surface area contributed by atoms with Gasteiger partial charge in [0.15, 0.2) is 28.8 Å². The molecule has 2 saturated heterocycles. The van der Waals surface area contributed by atoms with E-state index in [0.29, 0.717) is 81.1 Å². The lowest BCUT2D eigenvalue weighted by atomic mass is 9.87. The second-order valence-corrected chi connectivity index (χ2v) is 20.8. The zero-order valence-corrected chi connectivity index (χ0v) is 43.2. The van der Waals surface area contributed by atoms with E-state index in [9.17, 15) is 28.8 Å². The Morgan fingerprint density at radius 2 is 1.42 bits per heavy atom. The van der Waals surface area contributed by atoms with Crippen molar-refractivity contribution in [2.24, 2.45) is 30.7 Å². The van der Waals surface area contributed by atoms with Crippen molar-refractivity contribution in [3.63, 3.8) is 0 Å². The number of epoxide rings is 1. The first-order valence-corrected chi connectivity index (χ1v) is 25.6. The van der Waals surface area contributed by atoms with Crippen molar-refractivity contribution >= 4 is 35.1 Å². The largest absolute Gasteiger partial charge is 0.483 e. The fourth-order valence-corrected chi connectivity index (χ4v) is 9.36. The molecule has 0 unspecified atom stereocenters. The van der Waals surface area contributed by atoms with Crippen molar-refractivity contribution in [3.05, 3.63) is 107 Å². The van der Waals surface area contributed by atoms with Gasteiger partial charge in [0.25, 0.3) is 0 Å². The van der Waals surface area contributed by atoms with Gasteiger partial charge in [-0.15, -0.1) is 5.10 Å². The van der Waals surface area contributed by atoms with E-state index in [1.807, 2.05) is 100 Å². The van der Waals surface area contributed by atoms with E-state index in [4.69, 9.17) is 18.9 Å². The number of rotatable bonds is 29. The molecule has 2 amide bonds. The summed E-state index contributed by atoms with van der Waals surface area (Å²) in [7, 11) is 1.76. The van der Waals surface area contributed by atoms with E-state index >= 15 is 0 Å². The molecule has 1 aromatic heterocycles. The standard InChI is InChI=1S/C56H74N6O10/c1-8-52(65)72-50-22-20-42(30-51(50)70-36-45-33-61(7)60-59-45)34-62(23-25-69-26-24-62)35-46(63)31-43(21-19-40-15-11-9-12-16-40)54(67)57-47(27-38(2)3)49(64)32-44(29-41-17-13-10-14-18-41)55(68)58-48(28-39(4)5)53(66)56(6)37-71-56/h9-18,20,22,30,33,38-39,43-44,47-48H,8,19,21,23-29,31-32,34-37H2,1-7H3,(H-,57,58,67,68)/p+1/t43-,44-,47+,48+,56-/m1/s1. The van der Waals surface area contributed by atoms with E-state index in [-0.39, 0.29) is 73.8 Å². The van der Waals surface area contributed by atoms with Crippen LogP contribution in [-0.2, 0) is 71.3 Å². The minimum Gasteiger partial charge on any atom is -0.483 e. The first kappa shape index (κ1) is 55.2. The molecule has 3 aromatic carbocycles. The minimum absolute atomic E-state index is 0.00810. The van der Waals surface area contributed by atoms with Crippen molar-refractivity contribution in [3.8, 4) is 11.5 Å². The predicted molar refractivity (Wildman–Crippen MR) is 270 cm³/mol. The molecule has 5 atom stereocenters. The normalized spacial score (nSPS) is 17.8. The van der Waals surface area contributed by atoms with Gasteiger partial charge in [-0.25, -0.2) is 0 Å². The molecule has 3 heterocycles. The van der Waals surface area contributed by atoms with E-state index in [1.165, 1.54) is 0 Å². The molecule has 72 heavy (non-hydrogen) atoms. The molecule has 0 saturated carbocycles. The van der Waals surface area contributed by atoms with Crippen LogP contribution in [0.3, 0.4) is 0 Å². The summed E-state index contributed by atoms with van der Waals surface area (Å²) in [5.74, 6) is -2.61. The number of quaternary nitrogens is 1. The molecular weight excluding hydrogens is 917 g/mol. The fourth-order valence-electron chi connectivity index (χ4n) is 9.36. The molecule has 2 fully saturated rings. The average molecular weight is 992 g/mol. The van der Waals surface area contributed by atoms with Gasteiger partial charge in [-0.3, -0.25) is 33.4 Å². The number of morpholine rings is 1. The van der Waals surface area contributed by atoms with E-state index in [2.05, 4.69) is 20.9 Å². The van der Waals surface area contributed by atoms with Gasteiger partial charge in [0.1, 0.15) is 44.1 Å². The fraction of sp³-hybridized carbons (Fsp3) is 0.536. The smallest absolute Gasteiger partial charge is 0.311 e. The summed E-state index contributed by atoms with van der Waals surface area (Å²) >= 11 is 0. The quantitative estimate of drug-likeness (QED) is 0.0260. The molecule has 0 aliphatic carbocycles. The van der Waals surface area contributed by atoms with Gasteiger partial charge in [-0.2, -0.15) is 0 Å². The monoisotopic (exact) mass is 992 g/mol. The molecular formula is C56H75N6O10+. The van der Waals surface area contributed by atoms with Crippen LogP contribution in [0, 0.1) is 23.7 Å².